The Labute approximate surface area is 188 Å². The molecule has 1 fully saturated rings. The van der Waals surface area contributed by atoms with E-state index in [4.69, 9.17) is 4.74 Å². The van der Waals surface area contributed by atoms with Gasteiger partial charge in [0.15, 0.2) is 5.96 Å². The summed E-state index contributed by atoms with van der Waals surface area (Å²) in [7, 11) is 3.54. The highest BCUT2D eigenvalue weighted by Gasteiger charge is 2.22. The van der Waals surface area contributed by atoms with Crippen LogP contribution in [-0.4, -0.2) is 60.6 Å². The van der Waals surface area contributed by atoms with E-state index in [2.05, 4.69) is 61.5 Å². The molecule has 1 aliphatic rings. The van der Waals surface area contributed by atoms with Crippen LogP contribution in [0.3, 0.4) is 0 Å². The largest absolute Gasteiger partial charge is 0.496 e. The smallest absolute Gasteiger partial charge is 0.205 e. The Morgan fingerprint density at radius 2 is 2.04 bits per heavy atom. The lowest BCUT2D eigenvalue weighted by molar-refractivity contribution is 0.372. The van der Waals surface area contributed by atoms with E-state index in [0.29, 0.717) is 0 Å². The molecule has 0 amide bonds. The highest BCUT2D eigenvalue weighted by molar-refractivity contribution is 14.0. The first-order valence-electron chi connectivity index (χ1n) is 9.31. The zero-order chi connectivity index (χ0) is 19.2. The first kappa shape index (κ1) is 22.7. The van der Waals surface area contributed by atoms with Crippen LogP contribution >= 0.6 is 35.5 Å². The quantitative estimate of drug-likeness (QED) is 0.375. The number of aromatic nitrogens is 2. The zero-order valence-electron chi connectivity index (χ0n) is 16.9. The maximum Gasteiger partial charge on any atom is 0.205 e. The van der Waals surface area contributed by atoms with Gasteiger partial charge in [0, 0.05) is 57.7 Å². The summed E-state index contributed by atoms with van der Waals surface area (Å²) in [5.41, 5.74) is 2.32. The molecule has 2 heterocycles. The highest BCUT2D eigenvalue weighted by atomic mass is 127. The molecule has 28 heavy (non-hydrogen) atoms. The van der Waals surface area contributed by atoms with Crippen molar-refractivity contribution in [1.82, 2.24) is 19.6 Å². The van der Waals surface area contributed by atoms with E-state index in [1.54, 1.807) is 7.11 Å². The van der Waals surface area contributed by atoms with Crippen molar-refractivity contribution < 1.29 is 4.74 Å². The number of nitrogens with zero attached hydrogens (tertiary/aromatic N) is 5. The molecule has 154 valence electrons. The lowest BCUT2D eigenvalue weighted by atomic mass is 10.1. The number of methoxy groups -OCH3 is 1. The number of nitrogens with one attached hydrogen (secondary N) is 1. The molecule has 0 spiro atoms. The van der Waals surface area contributed by atoms with Gasteiger partial charge in [-0.25, -0.2) is 4.98 Å². The Morgan fingerprint density at radius 3 is 2.64 bits per heavy atom. The van der Waals surface area contributed by atoms with Crippen molar-refractivity contribution in [1.29, 1.82) is 0 Å². The van der Waals surface area contributed by atoms with E-state index in [1.807, 2.05) is 7.05 Å². The number of aliphatic imine (C=N–C) groups is 1. The third kappa shape index (κ3) is 5.47. The molecular formula is C19H29IN6OS. The molecule has 0 bridgehead atoms. The summed E-state index contributed by atoms with van der Waals surface area (Å²) >= 11 is 1.50. The van der Waals surface area contributed by atoms with Crippen molar-refractivity contribution in [3.05, 3.63) is 35.2 Å². The normalized spacial score (nSPS) is 14.6. The Kier molecular flexibility index (Phi) is 8.74. The number of hydrogen-bond donors (Lipinski definition) is 1. The molecule has 0 unspecified atom stereocenters. The number of halogens is 1. The molecule has 0 radical (unpaired) electrons. The topological polar surface area (TPSA) is 65.9 Å². The minimum atomic E-state index is 0. The average Bonchev–Trinajstić information content (AvgIpc) is 3.19. The molecule has 9 heteroatoms. The van der Waals surface area contributed by atoms with E-state index in [1.165, 1.54) is 17.1 Å². The Bertz CT molecular complexity index is 788. The SMILES string of the molecule is CCc1nsc(N2CCN(C(=NC)NCc3ccc(C)c(OC)c3)CC2)n1.I. The number of rotatable bonds is 5. The predicted octanol–water partition coefficient (Wildman–Crippen LogP) is 2.93. The van der Waals surface area contributed by atoms with Crippen LogP contribution in [0, 0.1) is 6.92 Å². The number of piperazine rings is 1. The van der Waals surface area contributed by atoms with Crippen molar-refractivity contribution in [2.24, 2.45) is 4.99 Å². The second kappa shape index (κ2) is 10.8. The maximum absolute atomic E-state index is 5.41. The zero-order valence-corrected chi connectivity index (χ0v) is 20.1. The number of hydrogen-bond acceptors (Lipinski definition) is 6. The lowest BCUT2D eigenvalue weighted by Crippen LogP contribution is -2.52. The van der Waals surface area contributed by atoms with Gasteiger partial charge in [-0.15, -0.1) is 24.0 Å². The van der Waals surface area contributed by atoms with Gasteiger partial charge in [0.2, 0.25) is 5.13 Å². The second-order valence-electron chi connectivity index (χ2n) is 6.53. The van der Waals surface area contributed by atoms with Crippen LogP contribution in [0.1, 0.15) is 23.9 Å². The van der Waals surface area contributed by atoms with E-state index < -0.39 is 0 Å². The van der Waals surface area contributed by atoms with Crippen LogP contribution in [0.5, 0.6) is 5.75 Å². The van der Waals surface area contributed by atoms with Crippen molar-refractivity contribution in [3.8, 4) is 5.75 Å². The van der Waals surface area contributed by atoms with Gasteiger partial charge in [-0.2, -0.15) is 4.37 Å². The van der Waals surface area contributed by atoms with Crippen molar-refractivity contribution in [2.75, 3.05) is 45.2 Å². The van der Waals surface area contributed by atoms with Gasteiger partial charge >= 0.3 is 0 Å². The maximum atomic E-state index is 5.41. The molecule has 1 aromatic heterocycles. The predicted molar refractivity (Wildman–Crippen MR) is 126 cm³/mol. The van der Waals surface area contributed by atoms with Gasteiger partial charge in [-0.1, -0.05) is 19.1 Å². The lowest BCUT2D eigenvalue weighted by Gasteiger charge is -2.36. The minimum Gasteiger partial charge on any atom is -0.496 e. The molecule has 1 N–H and O–H groups in total. The van der Waals surface area contributed by atoms with Crippen LogP contribution in [0.2, 0.25) is 0 Å². The number of ether oxygens (including phenoxy) is 1. The second-order valence-corrected chi connectivity index (χ2v) is 7.26. The molecule has 0 atom stereocenters. The van der Waals surface area contributed by atoms with Crippen LogP contribution in [0.15, 0.2) is 23.2 Å². The Morgan fingerprint density at radius 1 is 1.29 bits per heavy atom. The number of benzene rings is 1. The molecule has 7 nitrogen and oxygen atoms in total. The van der Waals surface area contributed by atoms with Crippen molar-refractivity contribution in [3.63, 3.8) is 0 Å². The van der Waals surface area contributed by atoms with Gasteiger partial charge < -0.3 is 19.9 Å². The summed E-state index contributed by atoms with van der Waals surface area (Å²) < 4.78 is 9.81. The highest BCUT2D eigenvalue weighted by Crippen LogP contribution is 2.20. The Balaban J connectivity index is 0.00000280. The fourth-order valence-corrected chi connectivity index (χ4v) is 3.92. The van der Waals surface area contributed by atoms with E-state index >= 15 is 0 Å². The van der Waals surface area contributed by atoms with E-state index in [0.717, 1.165) is 67.4 Å². The van der Waals surface area contributed by atoms with Crippen LogP contribution < -0.4 is 15.0 Å². The molecule has 2 aromatic rings. The van der Waals surface area contributed by atoms with Crippen molar-refractivity contribution in [2.45, 2.75) is 26.8 Å². The third-order valence-corrected chi connectivity index (χ3v) is 5.57. The van der Waals surface area contributed by atoms with Gasteiger partial charge in [0.1, 0.15) is 11.6 Å². The third-order valence-electron chi connectivity index (χ3n) is 4.76. The number of anilines is 1. The molecule has 0 saturated carbocycles. The minimum absolute atomic E-state index is 0. The summed E-state index contributed by atoms with van der Waals surface area (Å²) in [4.78, 5) is 13.7. The van der Waals surface area contributed by atoms with Gasteiger partial charge in [0.05, 0.1) is 7.11 Å². The summed E-state index contributed by atoms with van der Waals surface area (Å²) in [6.45, 7) is 8.55. The van der Waals surface area contributed by atoms with Gasteiger partial charge in [-0.3, -0.25) is 4.99 Å². The molecular weight excluding hydrogens is 487 g/mol. The molecule has 0 aliphatic carbocycles. The molecule has 1 aromatic carbocycles. The van der Waals surface area contributed by atoms with E-state index in [-0.39, 0.29) is 24.0 Å². The number of aryl methyl sites for hydroxylation is 2. The first-order chi connectivity index (χ1) is 13.1. The van der Waals surface area contributed by atoms with E-state index in [9.17, 15) is 0 Å². The summed E-state index contributed by atoms with van der Waals surface area (Å²) in [5.74, 6) is 2.78. The molecule has 1 saturated heterocycles. The van der Waals surface area contributed by atoms with Gasteiger partial charge in [-0.05, 0) is 24.1 Å². The molecule has 1 aliphatic heterocycles. The molecule has 3 rings (SSSR count). The summed E-state index contributed by atoms with van der Waals surface area (Å²) in [5, 5.41) is 4.50. The fourth-order valence-electron chi connectivity index (χ4n) is 3.11. The van der Waals surface area contributed by atoms with Crippen LogP contribution in [0.25, 0.3) is 0 Å². The standard InChI is InChI=1S/C19H28N6OS.HI/c1-5-17-22-19(27-23-17)25-10-8-24(9-11-25)18(20-3)21-13-15-7-6-14(2)16(12-15)26-4;/h6-7,12H,5,8-11,13H2,1-4H3,(H,20,21);1H. The summed E-state index contributed by atoms with van der Waals surface area (Å²) in [6.07, 6.45) is 0.886. The van der Waals surface area contributed by atoms with Crippen molar-refractivity contribution >= 4 is 46.6 Å². The number of guanidine groups is 1. The fraction of sp³-hybridized carbons (Fsp3) is 0.526. The Hall–Kier alpha value is -1.62. The van der Waals surface area contributed by atoms with Crippen LogP contribution in [-0.2, 0) is 13.0 Å². The van der Waals surface area contributed by atoms with Gasteiger partial charge in [0.25, 0.3) is 0 Å². The monoisotopic (exact) mass is 516 g/mol. The van der Waals surface area contributed by atoms with Crippen LogP contribution in [0.4, 0.5) is 5.13 Å². The summed E-state index contributed by atoms with van der Waals surface area (Å²) in [6, 6.07) is 6.29. The average molecular weight is 516 g/mol. The first-order valence-corrected chi connectivity index (χ1v) is 10.1.